The third kappa shape index (κ3) is 5.12. The molecule has 3 heterocycles. The molecule has 0 spiro atoms. The van der Waals surface area contributed by atoms with Crippen LogP contribution in [0.25, 0.3) is 0 Å². The van der Waals surface area contributed by atoms with Gasteiger partial charge in [0, 0.05) is 50.5 Å². The van der Waals surface area contributed by atoms with Crippen molar-refractivity contribution < 1.29 is 14.1 Å². The van der Waals surface area contributed by atoms with Gasteiger partial charge in [-0.25, -0.2) is 9.13 Å². The number of thioether (sulfide) groups is 1. The molecule has 1 unspecified atom stereocenters. The summed E-state index contributed by atoms with van der Waals surface area (Å²) in [6, 6.07) is 16.9. The molecule has 8 nitrogen and oxygen atoms in total. The third-order valence-corrected chi connectivity index (χ3v) is 9.56. The molecular weight excluding hydrogens is 520 g/mol. The zero-order valence-electron chi connectivity index (χ0n) is 24.5. The number of aromatic nitrogens is 2. The molecule has 1 fully saturated rings. The quantitative estimate of drug-likeness (QED) is 0.212. The van der Waals surface area contributed by atoms with Crippen LogP contribution in [0.2, 0.25) is 0 Å². The summed E-state index contributed by atoms with van der Waals surface area (Å²) in [4.78, 5) is 23.9. The SMILES string of the molecule is CN(CCCN(C)c1ccc(N=CC23OCCN2c2ccccc2C3(C)C)cc1)C(=O)CSc1n(C)cc[n+]1C. The van der Waals surface area contributed by atoms with Crippen molar-refractivity contribution in [3.05, 3.63) is 66.5 Å². The zero-order valence-corrected chi connectivity index (χ0v) is 25.3. The second-order valence-corrected chi connectivity index (χ2v) is 12.2. The Kier molecular flexibility index (Phi) is 7.97. The normalized spacial score (nSPS) is 19.2. The number of aliphatic imine (C=N–C) groups is 1. The lowest BCUT2D eigenvalue weighted by Crippen LogP contribution is -2.54. The summed E-state index contributed by atoms with van der Waals surface area (Å²) in [5, 5.41) is 1.07. The molecule has 0 bridgehead atoms. The van der Waals surface area contributed by atoms with Gasteiger partial charge in [0.25, 0.3) is 0 Å². The Bertz CT molecular complexity index is 1370. The maximum atomic E-state index is 12.6. The van der Waals surface area contributed by atoms with Crippen molar-refractivity contribution in [3.8, 4) is 0 Å². The number of para-hydroxylation sites is 1. The van der Waals surface area contributed by atoms with E-state index < -0.39 is 5.72 Å². The molecule has 1 saturated heterocycles. The summed E-state index contributed by atoms with van der Waals surface area (Å²) in [6.45, 7) is 7.63. The molecule has 0 aliphatic carbocycles. The first-order valence-corrected chi connectivity index (χ1v) is 14.9. The molecule has 5 rings (SSSR count). The van der Waals surface area contributed by atoms with Gasteiger partial charge in [0.2, 0.25) is 5.91 Å². The number of carbonyl (C=O) groups excluding carboxylic acids is 1. The van der Waals surface area contributed by atoms with Crippen LogP contribution in [0, 0.1) is 0 Å². The van der Waals surface area contributed by atoms with E-state index in [0.717, 1.165) is 42.6 Å². The maximum absolute atomic E-state index is 12.6. The Morgan fingerprint density at radius 2 is 1.90 bits per heavy atom. The lowest BCUT2D eigenvalue weighted by molar-refractivity contribution is -0.709. The fourth-order valence-corrected chi connectivity index (χ4v) is 6.83. The minimum Gasteiger partial charge on any atom is -0.375 e. The number of hydrogen-bond acceptors (Lipinski definition) is 6. The number of rotatable bonds is 10. The van der Waals surface area contributed by atoms with Crippen LogP contribution >= 0.6 is 11.8 Å². The molecular formula is C31H41N6O2S+. The van der Waals surface area contributed by atoms with Crippen LogP contribution in [0.15, 0.2) is 71.1 Å². The van der Waals surface area contributed by atoms with E-state index in [1.165, 1.54) is 11.3 Å². The third-order valence-electron chi connectivity index (χ3n) is 8.34. The number of imidazole rings is 1. The van der Waals surface area contributed by atoms with Gasteiger partial charge < -0.3 is 19.4 Å². The number of hydrogen-bond donors (Lipinski definition) is 0. The highest BCUT2D eigenvalue weighted by atomic mass is 32.2. The van der Waals surface area contributed by atoms with Gasteiger partial charge in [-0.05, 0) is 54.1 Å². The molecule has 1 atom stereocenters. The summed E-state index contributed by atoms with van der Waals surface area (Å²) in [5.41, 5.74) is 3.79. The van der Waals surface area contributed by atoms with Crippen molar-refractivity contribution in [2.45, 2.75) is 36.6 Å². The van der Waals surface area contributed by atoms with E-state index in [4.69, 9.17) is 9.73 Å². The summed E-state index contributed by atoms with van der Waals surface area (Å²) < 4.78 is 10.5. The Morgan fingerprint density at radius 3 is 2.62 bits per heavy atom. The average Bonchev–Trinajstić information content (AvgIpc) is 3.58. The van der Waals surface area contributed by atoms with Crippen LogP contribution in [-0.4, -0.2) is 73.4 Å². The van der Waals surface area contributed by atoms with Crippen LogP contribution in [0.3, 0.4) is 0 Å². The lowest BCUT2D eigenvalue weighted by atomic mass is 9.78. The minimum atomic E-state index is -0.577. The molecule has 3 aromatic rings. The Labute approximate surface area is 242 Å². The predicted molar refractivity (Wildman–Crippen MR) is 163 cm³/mol. The average molecular weight is 562 g/mol. The van der Waals surface area contributed by atoms with Crippen LogP contribution in [0.4, 0.5) is 17.1 Å². The van der Waals surface area contributed by atoms with Crippen molar-refractivity contribution in [1.29, 1.82) is 0 Å². The number of anilines is 2. The van der Waals surface area contributed by atoms with Crippen molar-refractivity contribution >= 4 is 40.9 Å². The van der Waals surface area contributed by atoms with E-state index >= 15 is 0 Å². The number of carbonyl (C=O) groups is 1. The maximum Gasteiger partial charge on any atom is 0.318 e. The highest BCUT2D eigenvalue weighted by molar-refractivity contribution is 7.99. The van der Waals surface area contributed by atoms with Gasteiger partial charge in [-0.3, -0.25) is 9.79 Å². The fourth-order valence-electron chi connectivity index (χ4n) is 5.82. The molecule has 2 aromatic carbocycles. The van der Waals surface area contributed by atoms with Gasteiger partial charge in [0.15, 0.2) is 5.72 Å². The van der Waals surface area contributed by atoms with Crippen LogP contribution in [0.5, 0.6) is 0 Å². The van der Waals surface area contributed by atoms with Crippen LogP contribution in [-0.2, 0) is 29.0 Å². The van der Waals surface area contributed by atoms with Gasteiger partial charge in [0.05, 0.1) is 38.4 Å². The fraction of sp³-hybridized carbons (Fsp3) is 0.452. The van der Waals surface area contributed by atoms with E-state index in [1.54, 1.807) is 11.8 Å². The first-order chi connectivity index (χ1) is 19.1. The number of aryl methyl sites for hydroxylation is 2. The number of nitrogens with zero attached hydrogens (tertiary/aromatic N) is 6. The van der Waals surface area contributed by atoms with Crippen molar-refractivity contribution in [2.24, 2.45) is 19.1 Å². The minimum absolute atomic E-state index is 0.147. The second kappa shape index (κ2) is 11.3. The van der Waals surface area contributed by atoms with Crippen LogP contribution < -0.4 is 14.4 Å². The van der Waals surface area contributed by atoms with E-state index in [1.807, 2.05) is 53.8 Å². The van der Waals surface area contributed by atoms with Gasteiger partial charge >= 0.3 is 5.16 Å². The van der Waals surface area contributed by atoms with E-state index in [-0.39, 0.29) is 11.3 Å². The molecule has 2 aliphatic heterocycles. The molecule has 0 radical (unpaired) electrons. The summed E-state index contributed by atoms with van der Waals surface area (Å²) >= 11 is 1.57. The highest BCUT2D eigenvalue weighted by Crippen LogP contribution is 2.53. The summed E-state index contributed by atoms with van der Waals surface area (Å²) in [5.74, 6) is 0.585. The highest BCUT2D eigenvalue weighted by Gasteiger charge is 2.59. The Hall–Kier alpha value is -3.30. The summed E-state index contributed by atoms with van der Waals surface area (Å²) in [7, 11) is 7.97. The Morgan fingerprint density at radius 1 is 1.15 bits per heavy atom. The van der Waals surface area contributed by atoms with E-state index in [2.05, 4.69) is 79.2 Å². The molecule has 9 heteroatoms. The number of ether oxygens (including phenoxy) is 1. The molecule has 1 aromatic heterocycles. The number of fused-ring (bicyclic) bond motifs is 3. The molecule has 2 aliphatic rings. The molecule has 0 saturated carbocycles. The molecule has 1 amide bonds. The van der Waals surface area contributed by atoms with Crippen molar-refractivity contribution in [2.75, 3.05) is 55.9 Å². The first kappa shape index (κ1) is 28.2. The molecule has 212 valence electrons. The predicted octanol–water partition coefficient (Wildman–Crippen LogP) is 4.15. The molecule has 0 N–H and O–H groups in total. The van der Waals surface area contributed by atoms with Gasteiger partial charge in [0.1, 0.15) is 12.4 Å². The monoisotopic (exact) mass is 561 g/mol. The van der Waals surface area contributed by atoms with Crippen molar-refractivity contribution in [1.82, 2.24) is 9.47 Å². The molecule has 40 heavy (non-hydrogen) atoms. The van der Waals surface area contributed by atoms with Crippen LogP contribution in [0.1, 0.15) is 25.8 Å². The topological polar surface area (TPSA) is 57.2 Å². The second-order valence-electron chi connectivity index (χ2n) is 11.3. The van der Waals surface area contributed by atoms with E-state index in [0.29, 0.717) is 12.4 Å². The number of amides is 1. The smallest absolute Gasteiger partial charge is 0.318 e. The van der Waals surface area contributed by atoms with Crippen molar-refractivity contribution in [3.63, 3.8) is 0 Å². The standard InChI is InChI=1S/C31H41N6O2S/c1-30(2)26-10-7-8-11-27(26)37-20-21-39-31(30,37)23-32-24-12-14-25(15-13-24)33(3)16-9-17-34(4)28(38)22-40-29-35(5)18-19-36(29)6/h7-8,10-15,18-19,23H,9,16-17,20-22H2,1-6H3/q+1. The lowest BCUT2D eigenvalue weighted by Gasteiger charge is -2.38. The summed E-state index contributed by atoms with van der Waals surface area (Å²) in [6.07, 6.45) is 6.89. The van der Waals surface area contributed by atoms with Gasteiger partial charge in [-0.15, -0.1) is 0 Å². The zero-order chi connectivity index (χ0) is 28.5. The van der Waals surface area contributed by atoms with Gasteiger partial charge in [-0.2, -0.15) is 0 Å². The number of benzene rings is 2. The Balaban J connectivity index is 1.14. The van der Waals surface area contributed by atoms with Gasteiger partial charge in [-0.1, -0.05) is 32.0 Å². The largest absolute Gasteiger partial charge is 0.375 e. The first-order valence-electron chi connectivity index (χ1n) is 13.9. The van der Waals surface area contributed by atoms with E-state index in [9.17, 15) is 4.79 Å².